The van der Waals surface area contributed by atoms with Crippen molar-refractivity contribution in [2.45, 2.75) is 65.2 Å². The van der Waals surface area contributed by atoms with Crippen molar-refractivity contribution in [1.82, 2.24) is 4.57 Å². The van der Waals surface area contributed by atoms with Crippen LogP contribution in [0.15, 0.2) is 54.6 Å². The topological polar surface area (TPSA) is 68.5 Å². The van der Waals surface area contributed by atoms with Gasteiger partial charge in [0.25, 0.3) is 0 Å². The summed E-state index contributed by atoms with van der Waals surface area (Å²) in [4.78, 5) is 24.2. The fourth-order valence-corrected chi connectivity index (χ4v) is 4.04. The molecule has 0 unspecified atom stereocenters. The number of halogens is 1. The molecule has 3 aromatic rings. The van der Waals surface area contributed by atoms with Gasteiger partial charge in [-0.25, -0.2) is 4.39 Å². The number of esters is 1. The number of para-hydroxylation sites is 1. The van der Waals surface area contributed by atoms with Crippen LogP contribution in [0.25, 0.3) is 28.1 Å². The van der Waals surface area contributed by atoms with Crippen LogP contribution in [-0.2, 0) is 14.3 Å². The lowest BCUT2D eigenvalue weighted by Crippen LogP contribution is -2.26. The van der Waals surface area contributed by atoms with Gasteiger partial charge in [0, 0.05) is 34.6 Å². The number of carbonyl (C=O) groups excluding carboxylic acids is 2. The van der Waals surface area contributed by atoms with Gasteiger partial charge in [0.2, 0.25) is 0 Å². The maximum Gasteiger partial charge on any atom is 0.313 e. The summed E-state index contributed by atoms with van der Waals surface area (Å²) in [5.74, 6) is -1.31. The van der Waals surface area contributed by atoms with Gasteiger partial charge in [-0.05, 0) is 64.5 Å². The first-order valence-corrected chi connectivity index (χ1v) is 11.4. The van der Waals surface area contributed by atoms with Crippen molar-refractivity contribution in [2.75, 3.05) is 0 Å². The van der Waals surface area contributed by atoms with E-state index in [1.165, 1.54) is 12.1 Å². The average Bonchev–Trinajstić information content (AvgIpc) is 3.05. The zero-order valence-corrected chi connectivity index (χ0v) is 20.3. The highest BCUT2D eigenvalue weighted by atomic mass is 19.1. The van der Waals surface area contributed by atoms with Gasteiger partial charge in [0.1, 0.15) is 23.6 Å². The molecule has 0 aliphatic heterocycles. The lowest BCUT2D eigenvalue weighted by atomic mass is 10.0. The van der Waals surface area contributed by atoms with Crippen molar-refractivity contribution >= 4 is 28.7 Å². The standard InChI is InChI=1S/C28H32FNO4/c1-18(2)30-24-9-7-6-8-23(24)27(19-10-12-20(29)13-11-19)25(30)15-14-21(31)16-22(32)17-26(33)34-28(3,4)5/h6-15,18,21,31H,16-17H2,1-5H3/b15-14+/t21-/m0/s1. The monoisotopic (exact) mass is 465 g/mol. The number of aliphatic hydroxyl groups excluding tert-OH is 1. The predicted molar refractivity (Wildman–Crippen MR) is 133 cm³/mol. The van der Waals surface area contributed by atoms with Crippen LogP contribution in [0.5, 0.6) is 0 Å². The molecular weight excluding hydrogens is 433 g/mol. The Morgan fingerprint density at radius 3 is 2.35 bits per heavy atom. The van der Waals surface area contributed by atoms with Crippen LogP contribution in [0.2, 0.25) is 0 Å². The Hall–Kier alpha value is -3.25. The van der Waals surface area contributed by atoms with E-state index >= 15 is 0 Å². The molecule has 0 aliphatic carbocycles. The number of nitrogens with zero attached hydrogens (tertiary/aromatic N) is 1. The molecule has 0 spiro atoms. The van der Waals surface area contributed by atoms with Gasteiger partial charge in [-0.2, -0.15) is 0 Å². The average molecular weight is 466 g/mol. The maximum absolute atomic E-state index is 13.6. The van der Waals surface area contributed by atoms with Crippen molar-refractivity contribution in [3.8, 4) is 11.1 Å². The molecule has 0 radical (unpaired) electrons. The number of carbonyl (C=O) groups is 2. The summed E-state index contributed by atoms with van der Waals surface area (Å²) in [5.41, 5.74) is 2.98. The minimum absolute atomic E-state index is 0.115. The van der Waals surface area contributed by atoms with Crippen LogP contribution < -0.4 is 0 Å². The minimum atomic E-state index is -1.06. The van der Waals surface area contributed by atoms with Gasteiger partial charge in [0.15, 0.2) is 0 Å². The number of aromatic nitrogens is 1. The Labute approximate surface area is 199 Å². The molecule has 0 saturated carbocycles. The maximum atomic E-state index is 13.6. The van der Waals surface area contributed by atoms with Crippen molar-refractivity contribution < 1.29 is 23.8 Å². The molecule has 1 aromatic heterocycles. The number of Topliss-reactive ketones (excluding diaryl/α,β-unsaturated/α-hetero) is 1. The molecule has 180 valence electrons. The normalized spacial score (nSPS) is 13.1. The van der Waals surface area contributed by atoms with Gasteiger partial charge in [-0.15, -0.1) is 0 Å². The fourth-order valence-electron chi connectivity index (χ4n) is 4.04. The number of hydrogen-bond donors (Lipinski definition) is 1. The molecule has 1 atom stereocenters. The predicted octanol–water partition coefficient (Wildman–Crippen LogP) is 6.09. The van der Waals surface area contributed by atoms with Crippen molar-refractivity contribution in [1.29, 1.82) is 0 Å². The molecule has 0 fully saturated rings. The van der Waals surface area contributed by atoms with Gasteiger partial charge < -0.3 is 14.4 Å². The molecule has 5 nitrogen and oxygen atoms in total. The Morgan fingerprint density at radius 1 is 1.09 bits per heavy atom. The van der Waals surface area contributed by atoms with Crippen LogP contribution in [0.1, 0.15) is 59.2 Å². The Bertz CT molecular complexity index is 1200. The summed E-state index contributed by atoms with van der Waals surface area (Å²) in [6, 6.07) is 14.4. The zero-order valence-electron chi connectivity index (χ0n) is 20.3. The van der Waals surface area contributed by atoms with Crippen LogP contribution in [0.3, 0.4) is 0 Å². The van der Waals surface area contributed by atoms with Gasteiger partial charge >= 0.3 is 5.97 Å². The Morgan fingerprint density at radius 2 is 1.74 bits per heavy atom. The van der Waals surface area contributed by atoms with E-state index in [2.05, 4.69) is 18.4 Å². The van der Waals surface area contributed by atoms with E-state index < -0.39 is 23.5 Å². The largest absolute Gasteiger partial charge is 0.460 e. The molecule has 3 rings (SSSR count). The number of benzene rings is 2. The van der Waals surface area contributed by atoms with Crippen molar-refractivity contribution in [3.63, 3.8) is 0 Å². The highest BCUT2D eigenvalue weighted by molar-refractivity contribution is 6.01. The summed E-state index contributed by atoms with van der Waals surface area (Å²) in [7, 11) is 0. The van der Waals surface area contributed by atoms with E-state index in [9.17, 15) is 19.1 Å². The molecule has 0 bridgehead atoms. The number of hydrogen-bond acceptors (Lipinski definition) is 4. The van der Waals surface area contributed by atoms with Crippen LogP contribution >= 0.6 is 0 Å². The summed E-state index contributed by atoms with van der Waals surface area (Å²) < 4.78 is 20.9. The minimum Gasteiger partial charge on any atom is -0.460 e. The van der Waals surface area contributed by atoms with Gasteiger partial charge in [-0.1, -0.05) is 36.4 Å². The number of rotatable bonds is 8. The number of aliphatic hydroxyl groups is 1. The third-order valence-electron chi connectivity index (χ3n) is 5.27. The third-order valence-corrected chi connectivity index (χ3v) is 5.27. The quantitative estimate of drug-likeness (QED) is 0.323. The molecule has 34 heavy (non-hydrogen) atoms. The lowest BCUT2D eigenvalue weighted by molar-refractivity contribution is -0.156. The third kappa shape index (κ3) is 6.20. The van der Waals surface area contributed by atoms with Gasteiger partial charge in [0.05, 0.1) is 6.10 Å². The molecule has 0 saturated heterocycles. The summed E-state index contributed by atoms with van der Waals surface area (Å²) in [5, 5.41) is 11.5. The summed E-state index contributed by atoms with van der Waals surface area (Å²) >= 11 is 0. The fraction of sp³-hybridized carbons (Fsp3) is 0.357. The van der Waals surface area contributed by atoms with Crippen LogP contribution in [0.4, 0.5) is 4.39 Å². The van der Waals surface area contributed by atoms with Crippen LogP contribution in [0, 0.1) is 5.82 Å². The number of ether oxygens (including phenoxy) is 1. The van der Waals surface area contributed by atoms with E-state index in [1.807, 2.05) is 24.3 Å². The second-order valence-corrected chi connectivity index (χ2v) is 9.68. The number of ketones is 1. The van der Waals surface area contributed by atoms with Crippen molar-refractivity contribution in [2.24, 2.45) is 0 Å². The molecule has 0 amide bonds. The molecule has 0 aliphatic rings. The summed E-state index contributed by atoms with van der Waals surface area (Å²) in [6.07, 6.45) is 1.73. The van der Waals surface area contributed by atoms with E-state index in [-0.39, 0.29) is 24.7 Å². The van der Waals surface area contributed by atoms with E-state index in [0.717, 1.165) is 27.7 Å². The zero-order chi connectivity index (χ0) is 25.0. The Balaban J connectivity index is 1.92. The first kappa shape index (κ1) is 25.4. The van der Waals surface area contributed by atoms with E-state index in [1.54, 1.807) is 45.1 Å². The highest BCUT2D eigenvalue weighted by Crippen LogP contribution is 2.38. The molecule has 1 N–H and O–H groups in total. The first-order valence-electron chi connectivity index (χ1n) is 11.4. The second kappa shape index (κ2) is 10.3. The van der Waals surface area contributed by atoms with Crippen LogP contribution in [-0.4, -0.2) is 33.1 Å². The second-order valence-electron chi connectivity index (χ2n) is 9.68. The highest BCUT2D eigenvalue weighted by Gasteiger charge is 2.21. The number of fused-ring (bicyclic) bond motifs is 1. The lowest BCUT2D eigenvalue weighted by Gasteiger charge is -2.19. The van der Waals surface area contributed by atoms with Crippen molar-refractivity contribution in [3.05, 3.63) is 66.1 Å². The van der Waals surface area contributed by atoms with E-state index in [0.29, 0.717) is 0 Å². The smallest absolute Gasteiger partial charge is 0.313 e. The summed E-state index contributed by atoms with van der Waals surface area (Å²) in [6.45, 7) is 9.34. The van der Waals surface area contributed by atoms with Gasteiger partial charge in [-0.3, -0.25) is 9.59 Å². The molecular formula is C28H32FNO4. The molecule has 2 aromatic carbocycles. The first-order chi connectivity index (χ1) is 16.0. The molecule has 1 heterocycles. The SMILES string of the molecule is CC(C)n1c(/C=C/[C@H](O)CC(=O)CC(=O)OC(C)(C)C)c(-c2ccc(F)cc2)c2ccccc21. The van der Waals surface area contributed by atoms with E-state index in [4.69, 9.17) is 4.74 Å². The molecule has 6 heteroatoms. The Kier molecular flexibility index (Phi) is 7.72.